The van der Waals surface area contributed by atoms with Crippen molar-refractivity contribution in [1.29, 1.82) is 0 Å². The first-order valence-electron chi connectivity index (χ1n) is 6.57. The molecule has 1 aromatic carbocycles. The molecular weight excluding hydrogens is 306 g/mol. The molecule has 0 fully saturated rings. The van der Waals surface area contributed by atoms with Crippen molar-refractivity contribution < 1.29 is 8.42 Å². The summed E-state index contributed by atoms with van der Waals surface area (Å²) >= 11 is 1.56. The lowest BCUT2D eigenvalue weighted by molar-refractivity contribution is 0.580. The summed E-state index contributed by atoms with van der Waals surface area (Å²) in [6.45, 7) is 5.79. The molecule has 0 aliphatic rings. The minimum absolute atomic E-state index is 0.245. The van der Waals surface area contributed by atoms with Gasteiger partial charge in [-0.2, -0.15) is 0 Å². The Morgan fingerprint density at radius 1 is 1.29 bits per heavy atom. The third kappa shape index (κ3) is 3.81. The lowest BCUT2D eigenvalue weighted by Gasteiger charge is -2.12. The van der Waals surface area contributed by atoms with E-state index in [0.717, 1.165) is 16.3 Å². The first-order chi connectivity index (χ1) is 9.79. The zero-order valence-electron chi connectivity index (χ0n) is 12.3. The van der Waals surface area contributed by atoms with Gasteiger partial charge in [0.15, 0.2) is 0 Å². The molecule has 21 heavy (non-hydrogen) atoms. The predicted molar refractivity (Wildman–Crippen MR) is 86.1 cm³/mol. The summed E-state index contributed by atoms with van der Waals surface area (Å²) in [6, 6.07) is 3.41. The molecule has 114 valence electrons. The molecule has 3 N–H and O–H groups in total. The molecular formula is C14H19N3O2S2. The van der Waals surface area contributed by atoms with Crippen LogP contribution >= 0.6 is 11.3 Å². The molecule has 0 atom stereocenters. The van der Waals surface area contributed by atoms with Crippen LogP contribution in [0.4, 0.5) is 5.69 Å². The highest BCUT2D eigenvalue weighted by molar-refractivity contribution is 7.89. The Morgan fingerprint density at radius 2 is 2.00 bits per heavy atom. The molecule has 0 radical (unpaired) electrons. The van der Waals surface area contributed by atoms with Crippen molar-refractivity contribution in [1.82, 2.24) is 9.71 Å². The summed E-state index contributed by atoms with van der Waals surface area (Å²) in [4.78, 5) is 4.56. The number of thiazole rings is 1. The molecule has 0 bridgehead atoms. The van der Waals surface area contributed by atoms with Gasteiger partial charge in [0.2, 0.25) is 10.0 Å². The third-order valence-corrected chi connectivity index (χ3v) is 5.58. The highest BCUT2D eigenvalue weighted by atomic mass is 32.2. The fraction of sp³-hybridized carbons (Fsp3) is 0.357. The van der Waals surface area contributed by atoms with Crippen molar-refractivity contribution in [3.8, 4) is 0 Å². The summed E-state index contributed by atoms with van der Waals surface area (Å²) in [6.07, 6.45) is 0.573. The van der Waals surface area contributed by atoms with Crippen LogP contribution in [0.5, 0.6) is 0 Å². The minimum atomic E-state index is -3.55. The van der Waals surface area contributed by atoms with Gasteiger partial charge in [0.1, 0.15) is 0 Å². The maximum absolute atomic E-state index is 12.4. The summed E-state index contributed by atoms with van der Waals surface area (Å²) < 4.78 is 27.3. The van der Waals surface area contributed by atoms with Crippen LogP contribution in [0.15, 0.2) is 22.4 Å². The highest BCUT2D eigenvalue weighted by Crippen LogP contribution is 2.22. The van der Waals surface area contributed by atoms with E-state index >= 15 is 0 Å². The molecule has 1 aromatic heterocycles. The predicted octanol–water partition coefficient (Wildman–Crippen LogP) is 2.17. The standard InChI is InChI=1S/C14H19N3O2S2/c1-9-6-13(15)10(2)14(7-9)21(18,19)16-5-4-12-8-20-11(3)17-12/h6-8,16H,4-5,15H2,1-3H3. The molecule has 0 unspecified atom stereocenters. The van der Waals surface area contributed by atoms with Crippen LogP contribution in [-0.4, -0.2) is 19.9 Å². The Balaban J connectivity index is 2.12. The van der Waals surface area contributed by atoms with Crippen LogP contribution in [0, 0.1) is 20.8 Å². The first-order valence-corrected chi connectivity index (χ1v) is 8.93. The van der Waals surface area contributed by atoms with Gasteiger partial charge in [0.25, 0.3) is 0 Å². The maximum atomic E-state index is 12.4. The Bertz CT molecular complexity index is 752. The molecule has 2 aromatic rings. The second-order valence-electron chi connectivity index (χ2n) is 4.98. The number of nitrogens with zero attached hydrogens (tertiary/aromatic N) is 1. The fourth-order valence-electron chi connectivity index (χ4n) is 2.05. The molecule has 0 amide bonds. The topological polar surface area (TPSA) is 85.1 Å². The Labute approximate surface area is 129 Å². The van der Waals surface area contributed by atoms with E-state index in [-0.39, 0.29) is 4.90 Å². The third-order valence-electron chi connectivity index (χ3n) is 3.17. The largest absolute Gasteiger partial charge is 0.398 e. The van der Waals surface area contributed by atoms with Gasteiger partial charge < -0.3 is 5.73 Å². The summed E-state index contributed by atoms with van der Waals surface area (Å²) in [7, 11) is -3.55. The van der Waals surface area contributed by atoms with Gasteiger partial charge >= 0.3 is 0 Å². The van der Waals surface area contributed by atoms with E-state index in [4.69, 9.17) is 5.73 Å². The van der Waals surface area contributed by atoms with E-state index in [1.165, 1.54) is 0 Å². The molecule has 0 saturated heterocycles. The van der Waals surface area contributed by atoms with Gasteiger partial charge in [0.05, 0.1) is 15.6 Å². The lowest BCUT2D eigenvalue weighted by atomic mass is 10.1. The van der Waals surface area contributed by atoms with Crippen LogP contribution in [0.1, 0.15) is 21.8 Å². The van der Waals surface area contributed by atoms with Crippen molar-refractivity contribution in [2.75, 3.05) is 12.3 Å². The quantitative estimate of drug-likeness (QED) is 0.825. The molecule has 2 rings (SSSR count). The fourth-order valence-corrected chi connectivity index (χ4v) is 4.08. The van der Waals surface area contributed by atoms with Gasteiger partial charge in [-0.1, -0.05) is 0 Å². The lowest BCUT2D eigenvalue weighted by Crippen LogP contribution is -2.27. The van der Waals surface area contributed by atoms with E-state index in [0.29, 0.717) is 24.2 Å². The molecule has 7 heteroatoms. The van der Waals surface area contributed by atoms with E-state index in [1.54, 1.807) is 30.4 Å². The second kappa shape index (κ2) is 6.13. The number of nitrogens with one attached hydrogen (secondary N) is 1. The second-order valence-corrected chi connectivity index (χ2v) is 7.78. The van der Waals surface area contributed by atoms with Crippen LogP contribution < -0.4 is 10.5 Å². The Morgan fingerprint density at radius 3 is 2.62 bits per heavy atom. The minimum Gasteiger partial charge on any atom is -0.398 e. The molecule has 5 nitrogen and oxygen atoms in total. The van der Waals surface area contributed by atoms with Crippen molar-refractivity contribution in [3.63, 3.8) is 0 Å². The summed E-state index contributed by atoms with van der Waals surface area (Å²) in [5.41, 5.74) is 8.64. The van der Waals surface area contributed by atoms with E-state index in [9.17, 15) is 8.42 Å². The van der Waals surface area contributed by atoms with Crippen LogP contribution in [0.2, 0.25) is 0 Å². The van der Waals surface area contributed by atoms with Crippen LogP contribution in [0.3, 0.4) is 0 Å². The Kier molecular flexibility index (Phi) is 4.65. The van der Waals surface area contributed by atoms with Gasteiger partial charge in [-0.3, -0.25) is 0 Å². The van der Waals surface area contributed by atoms with Crippen molar-refractivity contribution in [2.24, 2.45) is 0 Å². The molecule has 1 heterocycles. The number of anilines is 1. The van der Waals surface area contributed by atoms with Gasteiger partial charge in [0, 0.05) is 24.0 Å². The number of aromatic nitrogens is 1. The number of sulfonamides is 1. The number of hydrogen-bond acceptors (Lipinski definition) is 5. The van der Waals surface area contributed by atoms with Crippen molar-refractivity contribution in [2.45, 2.75) is 32.1 Å². The number of benzene rings is 1. The summed E-state index contributed by atoms with van der Waals surface area (Å²) in [5, 5.41) is 2.93. The highest BCUT2D eigenvalue weighted by Gasteiger charge is 2.18. The average molecular weight is 325 g/mol. The monoisotopic (exact) mass is 325 g/mol. The molecule has 0 aliphatic heterocycles. The zero-order chi connectivity index (χ0) is 15.6. The van der Waals surface area contributed by atoms with Crippen LogP contribution in [-0.2, 0) is 16.4 Å². The number of rotatable bonds is 5. The van der Waals surface area contributed by atoms with Crippen molar-refractivity contribution >= 4 is 27.0 Å². The first kappa shape index (κ1) is 15.9. The van der Waals surface area contributed by atoms with Gasteiger partial charge in [-0.25, -0.2) is 18.1 Å². The molecule has 0 saturated carbocycles. The van der Waals surface area contributed by atoms with Crippen LogP contribution in [0.25, 0.3) is 0 Å². The maximum Gasteiger partial charge on any atom is 0.240 e. The number of hydrogen-bond donors (Lipinski definition) is 2. The average Bonchev–Trinajstić information content (AvgIpc) is 2.79. The van der Waals surface area contributed by atoms with E-state index in [1.807, 2.05) is 19.2 Å². The SMILES string of the molecule is Cc1cc(N)c(C)c(S(=O)(=O)NCCc2csc(C)n2)c1. The summed E-state index contributed by atoms with van der Waals surface area (Å²) in [5.74, 6) is 0. The van der Waals surface area contributed by atoms with E-state index < -0.39 is 10.0 Å². The van der Waals surface area contributed by atoms with E-state index in [2.05, 4.69) is 9.71 Å². The number of aryl methyl sites for hydroxylation is 2. The van der Waals surface area contributed by atoms with Crippen molar-refractivity contribution in [3.05, 3.63) is 39.3 Å². The van der Waals surface area contributed by atoms with Gasteiger partial charge in [-0.05, 0) is 44.0 Å². The number of nitrogens with two attached hydrogens (primary N) is 1. The van der Waals surface area contributed by atoms with Gasteiger partial charge in [-0.15, -0.1) is 11.3 Å². The molecule has 0 aliphatic carbocycles. The zero-order valence-corrected chi connectivity index (χ0v) is 13.9. The molecule has 0 spiro atoms. The smallest absolute Gasteiger partial charge is 0.240 e. The number of nitrogen functional groups attached to an aromatic ring is 1. The normalized spacial score (nSPS) is 11.8. The Hall–Kier alpha value is -1.44.